The molecule has 0 saturated carbocycles. The number of hydrogen-bond donors (Lipinski definition) is 0. The molecule has 1 aromatic heterocycles. The first-order valence-corrected chi connectivity index (χ1v) is 8.40. The average Bonchev–Trinajstić information content (AvgIpc) is 2.78. The zero-order chi connectivity index (χ0) is 13.0. The van der Waals surface area contributed by atoms with E-state index in [1.807, 2.05) is 11.4 Å². The molecule has 1 aliphatic rings. The molecule has 0 bridgehead atoms. The maximum absolute atomic E-state index is 12.3. The Hall–Kier alpha value is -0.190. The lowest BCUT2D eigenvalue weighted by molar-refractivity contribution is 0.0834. The number of rotatable bonds is 5. The van der Waals surface area contributed by atoms with Gasteiger partial charge in [0.2, 0.25) is 0 Å². The fourth-order valence-electron chi connectivity index (χ4n) is 2.68. The zero-order valence-corrected chi connectivity index (χ0v) is 13.2. The lowest BCUT2D eigenvalue weighted by Gasteiger charge is -2.35. The minimum Gasteiger partial charge on any atom is -0.293 e. The van der Waals surface area contributed by atoms with Crippen LogP contribution in [0.4, 0.5) is 0 Å². The predicted octanol–water partition coefficient (Wildman–Crippen LogP) is 4.35. The number of hydrogen-bond acceptors (Lipinski definition) is 3. The number of ketones is 1. The Labute approximate surface area is 122 Å². The van der Waals surface area contributed by atoms with Gasteiger partial charge < -0.3 is 0 Å². The smallest absolute Gasteiger partial charge is 0.187 e. The first-order chi connectivity index (χ1) is 8.72. The largest absolute Gasteiger partial charge is 0.293 e. The molecule has 1 fully saturated rings. The van der Waals surface area contributed by atoms with Gasteiger partial charge in [0.05, 0.1) is 11.4 Å². The van der Waals surface area contributed by atoms with E-state index in [2.05, 4.69) is 27.8 Å². The van der Waals surface area contributed by atoms with E-state index in [-0.39, 0.29) is 5.78 Å². The van der Waals surface area contributed by atoms with Crippen molar-refractivity contribution < 1.29 is 4.79 Å². The second-order valence-electron chi connectivity index (χ2n) is 4.93. The van der Waals surface area contributed by atoms with Crippen LogP contribution in [0.5, 0.6) is 0 Å². The van der Waals surface area contributed by atoms with E-state index in [1.54, 1.807) is 0 Å². The summed E-state index contributed by atoms with van der Waals surface area (Å²) < 4.78 is 0.946. The second kappa shape index (κ2) is 6.83. The molecule has 0 amide bonds. The second-order valence-corrected chi connectivity index (χ2v) is 6.70. The molecule has 2 nitrogen and oxygen atoms in total. The van der Waals surface area contributed by atoms with Crippen molar-refractivity contribution in [2.45, 2.75) is 45.1 Å². The molecule has 1 aliphatic heterocycles. The van der Waals surface area contributed by atoms with Gasteiger partial charge in [-0.05, 0) is 53.2 Å². The van der Waals surface area contributed by atoms with Crippen molar-refractivity contribution in [1.82, 2.24) is 4.90 Å². The Morgan fingerprint density at radius 1 is 1.56 bits per heavy atom. The van der Waals surface area contributed by atoms with E-state index in [0.717, 1.165) is 15.9 Å². The molecule has 18 heavy (non-hydrogen) atoms. The predicted molar refractivity (Wildman–Crippen MR) is 80.5 cm³/mol. The quantitative estimate of drug-likeness (QED) is 0.748. The molecule has 0 aromatic carbocycles. The normalized spacial score (nSPS) is 21.1. The molecular formula is C14H20BrNOS. The van der Waals surface area contributed by atoms with Crippen LogP contribution in [0.2, 0.25) is 0 Å². The van der Waals surface area contributed by atoms with Gasteiger partial charge in [0.25, 0.3) is 0 Å². The zero-order valence-electron chi connectivity index (χ0n) is 10.8. The van der Waals surface area contributed by atoms with Gasteiger partial charge in [-0.1, -0.05) is 19.8 Å². The highest BCUT2D eigenvalue weighted by Gasteiger charge is 2.24. The van der Waals surface area contributed by atoms with Gasteiger partial charge in [0.1, 0.15) is 0 Å². The van der Waals surface area contributed by atoms with E-state index >= 15 is 0 Å². The summed E-state index contributed by atoms with van der Waals surface area (Å²) in [5.74, 6) is 0.264. The Kier molecular flexibility index (Phi) is 5.39. The van der Waals surface area contributed by atoms with Crippen molar-refractivity contribution in [3.63, 3.8) is 0 Å². The van der Waals surface area contributed by atoms with Crippen LogP contribution in [0.15, 0.2) is 15.9 Å². The summed E-state index contributed by atoms with van der Waals surface area (Å²) in [4.78, 5) is 15.5. The van der Waals surface area contributed by atoms with Crippen LogP contribution in [0.1, 0.15) is 48.7 Å². The maximum atomic E-state index is 12.3. The van der Waals surface area contributed by atoms with Gasteiger partial charge >= 0.3 is 0 Å². The number of thiophene rings is 1. The number of halogens is 1. The highest BCUT2D eigenvalue weighted by molar-refractivity contribution is 9.10. The summed E-state index contributed by atoms with van der Waals surface area (Å²) >= 11 is 4.99. The lowest BCUT2D eigenvalue weighted by atomic mass is 9.98. The number of Topliss-reactive ketones (excluding diaryl/α,β-unsaturated/α-hetero) is 1. The van der Waals surface area contributed by atoms with Crippen LogP contribution in [0.25, 0.3) is 0 Å². The lowest BCUT2D eigenvalue weighted by Crippen LogP contribution is -2.42. The van der Waals surface area contributed by atoms with Crippen molar-refractivity contribution in [2.75, 3.05) is 13.1 Å². The average molecular weight is 330 g/mol. The van der Waals surface area contributed by atoms with Crippen molar-refractivity contribution in [2.24, 2.45) is 0 Å². The minimum atomic E-state index is 0.264. The highest BCUT2D eigenvalue weighted by Crippen LogP contribution is 2.25. The molecule has 0 N–H and O–H groups in total. The Bertz CT molecular complexity index is 402. The van der Waals surface area contributed by atoms with Crippen LogP contribution in [0.3, 0.4) is 0 Å². The minimum absolute atomic E-state index is 0.264. The van der Waals surface area contributed by atoms with E-state index in [0.29, 0.717) is 12.6 Å². The van der Waals surface area contributed by atoms with Gasteiger partial charge in [0.15, 0.2) is 5.78 Å². The van der Waals surface area contributed by atoms with Crippen molar-refractivity contribution in [1.29, 1.82) is 0 Å². The Morgan fingerprint density at radius 2 is 2.39 bits per heavy atom. The monoisotopic (exact) mass is 329 g/mol. The fraction of sp³-hybridized carbons (Fsp3) is 0.643. The summed E-state index contributed by atoms with van der Waals surface area (Å²) in [5, 5.41) is 1.97. The molecule has 2 rings (SSSR count). The first-order valence-electron chi connectivity index (χ1n) is 6.72. The summed E-state index contributed by atoms with van der Waals surface area (Å²) in [6.07, 6.45) is 6.24. The molecule has 1 saturated heterocycles. The summed E-state index contributed by atoms with van der Waals surface area (Å²) in [7, 11) is 0. The van der Waals surface area contributed by atoms with Crippen LogP contribution in [-0.4, -0.2) is 29.8 Å². The molecule has 0 spiro atoms. The van der Waals surface area contributed by atoms with Gasteiger partial charge in [-0.3, -0.25) is 9.69 Å². The maximum Gasteiger partial charge on any atom is 0.187 e. The van der Waals surface area contributed by atoms with E-state index in [9.17, 15) is 4.79 Å². The number of carbonyl (C=O) groups excluding carboxylic acids is 1. The molecule has 2 heterocycles. The molecule has 0 radical (unpaired) electrons. The topological polar surface area (TPSA) is 20.3 Å². The summed E-state index contributed by atoms with van der Waals surface area (Å²) in [5.41, 5.74) is 0. The number of likely N-dealkylation sites (tertiary alicyclic amines) is 1. The van der Waals surface area contributed by atoms with E-state index in [4.69, 9.17) is 0 Å². The van der Waals surface area contributed by atoms with Crippen LogP contribution in [-0.2, 0) is 0 Å². The standard InChI is InChI=1S/C14H20BrNOS/c1-2-5-11-6-3-4-8-16(11)10-13(17)14-12(15)7-9-18-14/h7,9,11H,2-6,8,10H2,1H3. The van der Waals surface area contributed by atoms with Gasteiger partial charge in [-0.2, -0.15) is 0 Å². The van der Waals surface area contributed by atoms with Crippen LogP contribution in [0, 0.1) is 0 Å². The summed E-state index contributed by atoms with van der Waals surface area (Å²) in [6, 6.07) is 2.57. The number of nitrogens with zero attached hydrogens (tertiary/aromatic N) is 1. The van der Waals surface area contributed by atoms with Gasteiger partial charge in [-0.15, -0.1) is 11.3 Å². The van der Waals surface area contributed by atoms with Crippen molar-refractivity contribution in [3.05, 3.63) is 20.8 Å². The van der Waals surface area contributed by atoms with Gasteiger partial charge in [0, 0.05) is 10.5 Å². The SMILES string of the molecule is CCCC1CCCCN1CC(=O)c1sccc1Br. The molecule has 4 heteroatoms. The third-order valence-electron chi connectivity index (χ3n) is 3.59. The molecule has 1 atom stereocenters. The van der Waals surface area contributed by atoms with Crippen molar-refractivity contribution >= 4 is 33.0 Å². The highest BCUT2D eigenvalue weighted by atomic mass is 79.9. The van der Waals surface area contributed by atoms with Crippen LogP contribution >= 0.6 is 27.3 Å². The Morgan fingerprint density at radius 3 is 3.06 bits per heavy atom. The molecule has 0 aliphatic carbocycles. The third-order valence-corrected chi connectivity index (χ3v) is 5.47. The molecule has 1 unspecified atom stereocenters. The van der Waals surface area contributed by atoms with E-state index < -0.39 is 0 Å². The first kappa shape index (κ1) is 14.2. The van der Waals surface area contributed by atoms with Crippen molar-refractivity contribution in [3.8, 4) is 0 Å². The molecule has 1 aromatic rings. The van der Waals surface area contributed by atoms with E-state index in [1.165, 1.54) is 43.4 Å². The fourth-order valence-corrected chi connectivity index (χ4v) is 4.20. The molecule has 100 valence electrons. The summed E-state index contributed by atoms with van der Waals surface area (Å²) in [6.45, 7) is 3.90. The number of piperidine rings is 1. The third kappa shape index (κ3) is 3.43. The number of carbonyl (C=O) groups is 1. The van der Waals surface area contributed by atoms with Crippen LogP contribution < -0.4 is 0 Å². The Balaban J connectivity index is 1.98. The molecular weight excluding hydrogens is 310 g/mol. The van der Waals surface area contributed by atoms with Gasteiger partial charge in [-0.25, -0.2) is 0 Å².